The Morgan fingerprint density at radius 3 is 2.73 bits per heavy atom. The van der Waals surface area contributed by atoms with E-state index in [0.717, 1.165) is 5.71 Å². The molecule has 0 aromatic carbocycles. The fourth-order valence-electron chi connectivity index (χ4n) is 1.25. The topological polar surface area (TPSA) is 88.2 Å². The van der Waals surface area contributed by atoms with E-state index in [9.17, 15) is 4.79 Å². The first-order valence-electron chi connectivity index (χ1n) is 4.79. The summed E-state index contributed by atoms with van der Waals surface area (Å²) >= 11 is 0. The van der Waals surface area contributed by atoms with Crippen LogP contribution < -0.4 is 5.73 Å². The van der Waals surface area contributed by atoms with Gasteiger partial charge in [-0.15, -0.1) is 0 Å². The van der Waals surface area contributed by atoms with E-state index in [1.54, 1.807) is 0 Å². The maximum Gasteiger partial charge on any atom is 0.338 e. The van der Waals surface area contributed by atoms with Crippen molar-refractivity contribution in [3.05, 3.63) is 0 Å². The lowest BCUT2D eigenvalue weighted by atomic mass is 9.87. The second-order valence-corrected chi connectivity index (χ2v) is 4.64. The summed E-state index contributed by atoms with van der Waals surface area (Å²) in [5, 5.41) is 13.5. The molecule has 6 nitrogen and oxygen atoms in total. The number of carbonyl (C=O) groups excluding carboxylic acids is 1. The van der Waals surface area contributed by atoms with Crippen molar-refractivity contribution in [2.75, 3.05) is 6.54 Å². The van der Waals surface area contributed by atoms with Crippen LogP contribution in [0, 0.1) is 5.41 Å². The van der Waals surface area contributed by atoms with Crippen LogP contribution in [-0.2, 0) is 4.84 Å². The molecular formula is C9H17N3O3. The van der Waals surface area contributed by atoms with Crippen molar-refractivity contribution in [1.82, 2.24) is 5.06 Å². The second kappa shape index (κ2) is 4.06. The molecule has 1 heterocycles. The van der Waals surface area contributed by atoms with Crippen molar-refractivity contribution in [3.63, 3.8) is 0 Å². The Morgan fingerprint density at radius 1 is 1.73 bits per heavy atom. The Bertz CT molecular complexity index is 283. The highest BCUT2D eigenvalue weighted by Crippen LogP contribution is 2.25. The first-order chi connectivity index (χ1) is 6.80. The maximum absolute atomic E-state index is 10.6. The van der Waals surface area contributed by atoms with Gasteiger partial charge in [0.2, 0.25) is 0 Å². The summed E-state index contributed by atoms with van der Waals surface area (Å²) in [7, 11) is 0. The van der Waals surface area contributed by atoms with Gasteiger partial charge in [0.15, 0.2) is 6.10 Å². The van der Waals surface area contributed by atoms with Crippen molar-refractivity contribution in [3.8, 4) is 0 Å². The number of primary amides is 1. The van der Waals surface area contributed by atoms with E-state index in [1.807, 2.05) is 20.8 Å². The van der Waals surface area contributed by atoms with Crippen LogP contribution in [0.5, 0.6) is 0 Å². The molecule has 86 valence electrons. The van der Waals surface area contributed by atoms with E-state index in [2.05, 4.69) is 5.16 Å². The number of carbonyl (C=O) groups is 1. The van der Waals surface area contributed by atoms with Crippen LogP contribution in [0.4, 0.5) is 4.79 Å². The van der Waals surface area contributed by atoms with Gasteiger partial charge < -0.3 is 10.6 Å². The number of amides is 2. The monoisotopic (exact) mass is 215 g/mol. The molecule has 0 spiro atoms. The predicted molar refractivity (Wildman–Crippen MR) is 54.5 cm³/mol. The minimum Gasteiger partial charge on any atom is -0.390 e. The van der Waals surface area contributed by atoms with Gasteiger partial charge in [-0.3, -0.25) is 5.21 Å². The molecule has 0 radical (unpaired) electrons. The quantitative estimate of drug-likeness (QED) is 0.531. The molecule has 0 fully saturated rings. The summed E-state index contributed by atoms with van der Waals surface area (Å²) in [5.41, 5.74) is 5.75. The van der Waals surface area contributed by atoms with Gasteiger partial charge in [0, 0.05) is 11.8 Å². The minimum atomic E-state index is -0.886. The Labute approximate surface area is 88.6 Å². The third-order valence-corrected chi connectivity index (χ3v) is 2.23. The molecule has 0 saturated carbocycles. The molecular weight excluding hydrogens is 198 g/mol. The number of oxime groups is 1. The van der Waals surface area contributed by atoms with E-state index in [1.165, 1.54) is 0 Å². The van der Waals surface area contributed by atoms with Crippen LogP contribution in [0.1, 0.15) is 27.2 Å². The van der Waals surface area contributed by atoms with E-state index in [0.29, 0.717) is 11.5 Å². The average molecular weight is 215 g/mol. The Hall–Kier alpha value is -1.30. The standard InChI is InChI=1S/C9H17N3O3/c1-9(2,3)7-4-6(15-11-7)5-12(14)8(10)13/h6,14H,4-5H2,1-3H3,(H2,10,13). The molecule has 0 aromatic rings. The smallest absolute Gasteiger partial charge is 0.338 e. The summed E-state index contributed by atoms with van der Waals surface area (Å²) in [6.07, 6.45) is 0.296. The summed E-state index contributed by atoms with van der Waals surface area (Å²) in [6, 6.07) is -0.886. The minimum absolute atomic E-state index is 0.0401. The molecule has 1 aliphatic heterocycles. The van der Waals surface area contributed by atoms with Crippen LogP contribution in [0.15, 0.2) is 5.16 Å². The van der Waals surface area contributed by atoms with Gasteiger partial charge in [0.25, 0.3) is 0 Å². The summed E-state index contributed by atoms with van der Waals surface area (Å²) in [5.74, 6) is 0. The lowest BCUT2D eigenvalue weighted by Gasteiger charge is -2.18. The SMILES string of the molecule is CC(C)(C)C1=NOC(CN(O)C(N)=O)C1. The summed E-state index contributed by atoms with van der Waals surface area (Å²) in [6.45, 7) is 6.13. The van der Waals surface area contributed by atoms with Gasteiger partial charge in [-0.1, -0.05) is 25.9 Å². The van der Waals surface area contributed by atoms with Crippen molar-refractivity contribution < 1.29 is 14.8 Å². The Morgan fingerprint density at radius 2 is 2.33 bits per heavy atom. The molecule has 1 rings (SSSR count). The zero-order valence-electron chi connectivity index (χ0n) is 9.23. The number of hydrogen-bond acceptors (Lipinski definition) is 4. The van der Waals surface area contributed by atoms with Crippen molar-refractivity contribution in [2.45, 2.75) is 33.3 Å². The number of urea groups is 1. The highest BCUT2D eigenvalue weighted by Gasteiger charge is 2.30. The van der Waals surface area contributed by atoms with E-state index < -0.39 is 6.03 Å². The fourth-order valence-corrected chi connectivity index (χ4v) is 1.25. The second-order valence-electron chi connectivity index (χ2n) is 4.64. The molecule has 0 aliphatic carbocycles. The third-order valence-electron chi connectivity index (χ3n) is 2.23. The molecule has 1 unspecified atom stereocenters. The Balaban J connectivity index is 2.44. The predicted octanol–water partition coefficient (Wildman–Crippen LogP) is 0.947. The largest absolute Gasteiger partial charge is 0.390 e. The van der Waals surface area contributed by atoms with Crippen LogP contribution in [0.2, 0.25) is 0 Å². The van der Waals surface area contributed by atoms with E-state index >= 15 is 0 Å². The molecule has 0 bridgehead atoms. The van der Waals surface area contributed by atoms with Crippen molar-refractivity contribution in [2.24, 2.45) is 16.3 Å². The van der Waals surface area contributed by atoms with Crippen molar-refractivity contribution in [1.29, 1.82) is 0 Å². The number of nitrogens with zero attached hydrogens (tertiary/aromatic N) is 2. The number of hydrogen-bond donors (Lipinski definition) is 2. The zero-order chi connectivity index (χ0) is 11.6. The van der Waals surface area contributed by atoms with E-state index in [-0.39, 0.29) is 18.1 Å². The molecule has 3 N–H and O–H groups in total. The fraction of sp³-hybridized carbons (Fsp3) is 0.778. The summed E-state index contributed by atoms with van der Waals surface area (Å²) in [4.78, 5) is 15.7. The first-order valence-corrected chi connectivity index (χ1v) is 4.79. The molecule has 6 heteroatoms. The lowest BCUT2D eigenvalue weighted by Crippen LogP contribution is -2.38. The summed E-state index contributed by atoms with van der Waals surface area (Å²) < 4.78 is 0. The molecule has 15 heavy (non-hydrogen) atoms. The van der Waals surface area contributed by atoms with E-state index in [4.69, 9.17) is 15.8 Å². The van der Waals surface area contributed by atoms with Gasteiger partial charge >= 0.3 is 6.03 Å². The Kier molecular flexibility index (Phi) is 3.18. The number of rotatable bonds is 2. The normalized spacial score (nSPS) is 20.8. The zero-order valence-corrected chi connectivity index (χ0v) is 9.23. The van der Waals surface area contributed by atoms with Gasteiger partial charge in [0.05, 0.1) is 12.3 Å². The molecule has 0 saturated heterocycles. The molecule has 1 atom stereocenters. The maximum atomic E-state index is 10.6. The molecule has 0 aromatic heterocycles. The van der Waals surface area contributed by atoms with Gasteiger partial charge in [-0.05, 0) is 0 Å². The van der Waals surface area contributed by atoms with Gasteiger partial charge in [-0.25, -0.2) is 9.86 Å². The van der Waals surface area contributed by atoms with Crippen LogP contribution in [-0.4, -0.2) is 34.7 Å². The molecule has 1 aliphatic rings. The van der Waals surface area contributed by atoms with Gasteiger partial charge in [-0.2, -0.15) is 0 Å². The van der Waals surface area contributed by atoms with Crippen molar-refractivity contribution >= 4 is 11.7 Å². The van der Waals surface area contributed by atoms with Crippen LogP contribution in [0.25, 0.3) is 0 Å². The first kappa shape index (κ1) is 11.8. The average Bonchev–Trinajstić information content (AvgIpc) is 2.51. The molecule has 2 amide bonds. The highest BCUT2D eigenvalue weighted by atomic mass is 16.6. The van der Waals surface area contributed by atoms with Crippen LogP contribution >= 0.6 is 0 Å². The highest BCUT2D eigenvalue weighted by molar-refractivity contribution is 5.90. The third kappa shape index (κ3) is 3.09. The number of hydroxylamine groups is 2. The lowest BCUT2D eigenvalue weighted by molar-refractivity contribution is -0.0739. The number of nitrogens with two attached hydrogens (primary N) is 1. The van der Waals surface area contributed by atoms with Gasteiger partial charge in [0.1, 0.15) is 0 Å². The van der Waals surface area contributed by atoms with Crippen LogP contribution in [0.3, 0.4) is 0 Å².